The van der Waals surface area contributed by atoms with Crippen LogP contribution in [0.3, 0.4) is 0 Å². The van der Waals surface area contributed by atoms with Gasteiger partial charge in [0, 0.05) is 41.3 Å². The predicted molar refractivity (Wildman–Crippen MR) is 278 cm³/mol. The Morgan fingerprint density at radius 3 is 2.36 bits per heavy atom. The lowest BCUT2D eigenvalue weighted by atomic mass is 9.82. The Morgan fingerprint density at radius 2 is 1.59 bits per heavy atom. The Kier molecular flexibility index (Phi) is 12.6. The van der Waals surface area contributed by atoms with Crippen LogP contribution in [0.4, 0.5) is 14.0 Å². The van der Waals surface area contributed by atoms with Crippen molar-refractivity contribution in [2.45, 2.75) is 121 Å². The van der Waals surface area contributed by atoms with E-state index in [-0.39, 0.29) is 41.8 Å². The number of nitrogens with one attached hydrogen (secondary N) is 4. The van der Waals surface area contributed by atoms with Crippen molar-refractivity contribution in [3.63, 3.8) is 0 Å². The van der Waals surface area contributed by atoms with Crippen molar-refractivity contribution < 1.29 is 47.3 Å². The molecule has 398 valence electrons. The first kappa shape index (κ1) is 49.5. The topological polar surface area (TPSA) is 207 Å². The lowest BCUT2D eigenvalue weighted by Gasteiger charge is -2.40. The van der Waals surface area contributed by atoms with E-state index in [0.717, 1.165) is 71.1 Å². The second-order valence-corrected chi connectivity index (χ2v) is 22.2. The van der Waals surface area contributed by atoms with Crippen LogP contribution in [0.5, 0.6) is 11.5 Å². The fourth-order valence-corrected chi connectivity index (χ4v) is 12.6. The van der Waals surface area contributed by atoms with Gasteiger partial charge in [0.2, 0.25) is 18.0 Å². The zero-order valence-corrected chi connectivity index (χ0v) is 43.6. The summed E-state index contributed by atoms with van der Waals surface area (Å²) in [6.45, 7) is 9.38. The number of hydrogen-bond acceptors (Lipinski definition) is 11. The van der Waals surface area contributed by atoms with Crippen molar-refractivity contribution in [2.24, 2.45) is 17.8 Å². The number of aryl methyl sites for hydroxylation is 1. The molecule has 1 aliphatic carbocycles. The number of aromatic nitrogens is 5. The first-order valence-corrected chi connectivity index (χ1v) is 26.6. The maximum atomic E-state index is 17.1. The standard InChI is InChI=1S/C57H64FN9O9/c1-29(2)48(63-55(70)72-5)52(68)65-16-7-10-41(65)50-59-28-39(62-50)34-20-37(58)47-43-22-35-19-31(13-14-40(35)67(43)54(76-46(47)25-34)32-12-11-30-9-8-17-74-45(30)24-32)38-27-60-51(61-38)44-23-36-21-42(36)66(44)53(69)49(64-56(71)73-6)33-15-18-75-57(3,4)26-33/h11-14,19-20,22,24-25,27-29,33,36,41-42,44,48-49,54H,7-10,15-18,21,23,26H2,1-6H3,(H,59,62)(H,60,61)(H,63,70)(H,64,71)/t33?,36-,41+,42-,44+,48?,49?,54?/m1/s1. The highest BCUT2D eigenvalue weighted by atomic mass is 19.1. The zero-order valence-electron chi connectivity index (χ0n) is 43.6. The van der Waals surface area contributed by atoms with Gasteiger partial charge in [-0.1, -0.05) is 32.0 Å². The summed E-state index contributed by atoms with van der Waals surface area (Å²) < 4.78 is 48.1. The molecule has 4 unspecified atom stereocenters. The van der Waals surface area contributed by atoms with Crippen molar-refractivity contribution in [1.82, 2.24) is 44.9 Å². The van der Waals surface area contributed by atoms with E-state index in [0.29, 0.717) is 84.9 Å². The first-order chi connectivity index (χ1) is 36.7. The summed E-state index contributed by atoms with van der Waals surface area (Å²) in [5, 5.41) is 6.45. The molecule has 3 aromatic heterocycles. The molecule has 0 bridgehead atoms. The molecule has 4 N–H and O–H groups in total. The number of benzene rings is 3. The van der Waals surface area contributed by atoms with Crippen molar-refractivity contribution in [1.29, 1.82) is 0 Å². The van der Waals surface area contributed by atoms with Gasteiger partial charge in [-0.2, -0.15) is 0 Å². The molecule has 8 heterocycles. The fraction of sp³-hybridized carbons (Fsp3) is 0.474. The summed E-state index contributed by atoms with van der Waals surface area (Å²) in [6, 6.07) is 15.4. The number of rotatable bonds is 11. The van der Waals surface area contributed by atoms with Gasteiger partial charge >= 0.3 is 12.2 Å². The van der Waals surface area contributed by atoms with E-state index < -0.39 is 41.9 Å². The van der Waals surface area contributed by atoms with Crippen LogP contribution in [0.25, 0.3) is 44.7 Å². The lowest BCUT2D eigenvalue weighted by Crippen LogP contribution is -2.55. The summed E-state index contributed by atoms with van der Waals surface area (Å²) in [7, 11) is 2.58. The highest BCUT2D eigenvalue weighted by Crippen LogP contribution is 2.54. The molecule has 0 spiro atoms. The van der Waals surface area contributed by atoms with Gasteiger partial charge < -0.3 is 58.7 Å². The summed E-state index contributed by atoms with van der Waals surface area (Å²) in [6.07, 6.45) is 7.64. The van der Waals surface area contributed by atoms with E-state index in [9.17, 15) is 19.2 Å². The highest BCUT2D eigenvalue weighted by molar-refractivity contribution is 5.93. The maximum Gasteiger partial charge on any atom is 0.407 e. The van der Waals surface area contributed by atoms with E-state index in [1.54, 1.807) is 17.3 Å². The van der Waals surface area contributed by atoms with E-state index in [1.807, 2.05) is 67.5 Å². The number of carbonyl (C=O) groups excluding carboxylic acids is 4. The van der Waals surface area contributed by atoms with Crippen LogP contribution in [0.15, 0.2) is 67.0 Å². The Hall–Kier alpha value is -7.41. The summed E-state index contributed by atoms with van der Waals surface area (Å²) in [5.41, 5.74) is 6.03. The number of halogens is 1. The molecule has 18 nitrogen and oxygen atoms in total. The summed E-state index contributed by atoms with van der Waals surface area (Å²) in [5.74, 6) is 1.61. The third kappa shape index (κ3) is 8.88. The van der Waals surface area contributed by atoms with Crippen LogP contribution in [-0.2, 0) is 30.2 Å². The Morgan fingerprint density at radius 1 is 0.829 bits per heavy atom. The average Bonchev–Trinajstić information content (AvgIpc) is 4.19. The van der Waals surface area contributed by atoms with Gasteiger partial charge in [0.15, 0.2) is 0 Å². The van der Waals surface area contributed by atoms with Gasteiger partial charge in [0.05, 0.1) is 79.1 Å². The molecule has 6 aromatic rings. The number of hydrogen-bond donors (Lipinski definition) is 4. The van der Waals surface area contributed by atoms with Crippen LogP contribution >= 0.6 is 0 Å². The lowest BCUT2D eigenvalue weighted by molar-refractivity contribution is -0.140. The van der Waals surface area contributed by atoms with Gasteiger partial charge in [0.1, 0.15) is 41.0 Å². The van der Waals surface area contributed by atoms with E-state index >= 15 is 4.39 Å². The highest BCUT2D eigenvalue weighted by Gasteiger charge is 2.57. The van der Waals surface area contributed by atoms with Crippen LogP contribution in [-0.4, -0.2) is 116 Å². The molecule has 3 saturated heterocycles. The van der Waals surface area contributed by atoms with E-state index in [1.165, 1.54) is 20.3 Å². The number of amides is 4. The van der Waals surface area contributed by atoms with Crippen LogP contribution in [0, 0.1) is 23.6 Å². The maximum absolute atomic E-state index is 17.1. The number of nitrogens with zero attached hydrogens (tertiary/aromatic N) is 5. The Labute approximate surface area is 439 Å². The minimum atomic E-state index is -0.782. The first-order valence-electron chi connectivity index (χ1n) is 26.6. The number of imidazole rings is 2. The Bertz CT molecular complexity index is 3270. The average molecular weight is 1040 g/mol. The SMILES string of the molecule is COC(=O)NC(C(=O)N1CCC[C@H]1c1ncc(-c2cc(F)c3c(c2)OC(c2ccc4c(c2)OCCC4)n2c-3cc3cc(-c4cnc([C@@H]5C[C@H]6C[C@H]6N5C(=O)C(NC(=O)OC)C5CCOC(C)(C)C5)[nH]4)ccc32)[nH]1)C(C)C. The summed E-state index contributed by atoms with van der Waals surface area (Å²) in [4.78, 5) is 73.8. The second-order valence-electron chi connectivity index (χ2n) is 22.2. The molecule has 3 aromatic carbocycles. The Balaban J connectivity index is 0.863. The quantitative estimate of drug-likeness (QED) is 0.0962. The number of alkyl carbamates (subject to hydrolysis) is 2. The molecule has 8 atom stereocenters. The number of ether oxygens (including phenoxy) is 5. The summed E-state index contributed by atoms with van der Waals surface area (Å²) >= 11 is 0. The van der Waals surface area contributed by atoms with Gasteiger partial charge in [-0.25, -0.2) is 23.9 Å². The number of methoxy groups -OCH3 is 2. The number of likely N-dealkylation sites (tertiary alicyclic amines) is 2. The molecular formula is C57H64FN9O9. The molecule has 1 saturated carbocycles. The van der Waals surface area contributed by atoms with Crippen LogP contribution in [0.2, 0.25) is 0 Å². The number of carbonyl (C=O) groups is 4. The second kappa shape index (κ2) is 19.3. The van der Waals surface area contributed by atoms with Crippen molar-refractivity contribution in [2.75, 3.05) is 34.0 Å². The molecule has 4 fully saturated rings. The third-order valence-corrected chi connectivity index (χ3v) is 16.5. The molecule has 12 rings (SSSR count). The third-order valence-electron chi connectivity index (χ3n) is 16.5. The fourth-order valence-electron chi connectivity index (χ4n) is 12.6. The van der Waals surface area contributed by atoms with Crippen molar-refractivity contribution in [3.8, 4) is 45.3 Å². The van der Waals surface area contributed by atoms with E-state index in [2.05, 4.69) is 38.8 Å². The van der Waals surface area contributed by atoms with Crippen LogP contribution < -0.4 is 20.1 Å². The predicted octanol–water partition coefficient (Wildman–Crippen LogP) is 9.13. The molecule has 6 aliphatic rings. The number of aromatic amines is 2. The van der Waals surface area contributed by atoms with Crippen molar-refractivity contribution in [3.05, 3.63) is 95.6 Å². The molecule has 19 heteroatoms. The largest absolute Gasteiger partial charge is 0.493 e. The van der Waals surface area contributed by atoms with Gasteiger partial charge in [-0.15, -0.1) is 0 Å². The normalized spacial score (nSPS) is 23.8. The van der Waals surface area contributed by atoms with Crippen molar-refractivity contribution >= 4 is 34.9 Å². The molecule has 0 radical (unpaired) electrons. The smallest absolute Gasteiger partial charge is 0.407 e. The molecule has 4 amide bonds. The molecule has 5 aliphatic heterocycles. The number of fused-ring (bicyclic) bond motifs is 7. The number of H-pyrrole nitrogens is 2. The monoisotopic (exact) mass is 1040 g/mol. The van der Waals surface area contributed by atoms with Gasteiger partial charge in [-0.05, 0) is 125 Å². The van der Waals surface area contributed by atoms with Crippen LogP contribution in [0.1, 0.15) is 114 Å². The van der Waals surface area contributed by atoms with E-state index in [4.69, 9.17) is 33.7 Å². The van der Waals surface area contributed by atoms with Gasteiger partial charge in [-0.3, -0.25) is 9.59 Å². The zero-order chi connectivity index (χ0) is 52.7. The van der Waals surface area contributed by atoms with Gasteiger partial charge in [0.25, 0.3) is 0 Å². The molecule has 76 heavy (non-hydrogen) atoms. The number of piperidine rings is 1. The minimum Gasteiger partial charge on any atom is -0.493 e. The molecular weight excluding hydrogens is 974 g/mol. The minimum absolute atomic E-state index is 0.0695.